The summed E-state index contributed by atoms with van der Waals surface area (Å²) in [6.45, 7) is 3.08. The molecule has 1 aromatic carbocycles. The van der Waals surface area contributed by atoms with E-state index < -0.39 is 9.84 Å². The molecule has 2 fully saturated rings. The van der Waals surface area contributed by atoms with E-state index in [1.54, 1.807) is 0 Å². The van der Waals surface area contributed by atoms with E-state index >= 15 is 0 Å². The standard InChI is InChI=1S/C16H24N2O2S/c19-21(20)11-3-4-15(13-21)17-12-14-5-7-16(8-6-14)18-9-1-2-10-18/h5-8,15,17H,1-4,9-13H2. The Morgan fingerprint density at radius 1 is 1.10 bits per heavy atom. The maximum Gasteiger partial charge on any atom is 0.151 e. The average Bonchev–Trinajstić information content (AvgIpc) is 2.99. The van der Waals surface area contributed by atoms with Gasteiger partial charge in [0.25, 0.3) is 0 Å². The molecule has 0 spiro atoms. The zero-order valence-electron chi connectivity index (χ0n) is 12.4. The highest BCUT2D eigenvalue weighted by Gasteiger charge is 2.24. The lowest BCUT2D eigenvalue weighted by atomic mass is 10.1. The van der Waals surface area contributed by atoms with E-state index in [2.05, 4.69) is 34.5 Å². The van der Waals surface area contributed by atoms with Gasteiger partial charge in [-0.15, -0.1) is 0 Å². The second-order valence-corrected chi connectivity index (χ2v) is 8.42. The monoisotopic (exact) mass is 308 g/mol. The zero-order chi connectivity index (χ0) is 14.7. The molecular weight excluding hydrogens is 284 g/mol. The number of rotatable bonds is 4. The molecule has 2 saturated heterocycles. The predicted octanol–water partition coefficient (Wildman–Crippen LogP) is 1.95. The third-order valence-electron chi connectivity index (χ3n) is 4.47. The Hall–Kier alpha value is -1.07. The molecule has 1 N–H and O–H groups in total. The number of hydrogen-bond donors (Lipinski definition) is 1. The van der Waals surface area contributed by atoms with Gasteiger partial charge >= 0.3 is 0 Å². The third-order valence-corrected chi connectivity index (χ3v) is 6.29. The van der Waals surface area contributed by atoms with Crippen LogP contribution in [0, 0.1) is 0 Å². The van der Waals surface area contributed by atoms with Crippen LogP contribution >= 0.6 is 0 Å². The van der Waals surface area contributed by atoms with Gasteiger partial charge in [-0.2, -0.15) is 0 Å². The van der Waals surface area contributed by atoms with Crippen LogP contribution in [0.1, 0.15) is 31.2 Å². The van der Waals surface area contributed by atoms with Crippen molar-refractivity contribution < 1.29 is 8.42 Å². The van der Waals surface area contributed by atoms with Crippen LogP contribution in [-0.2, 0) is 16.4 Å². The second kappa shape index (κ2) is 6.36. The summed E-state index contributed by atoms with van der Waals surface area (Å²) in [5.74, 6) is 0.647. The predicted molar refractivity (Wildman–Crippen MR) is 86.4 cm³/mol. The molecular formula is C16H24N2O2S. The summed E-state index contributed by atoms with van der Waals surface area (Å²) in [6.07, 6.45) is 4.33. The minimum Gasteiger partial charge on any atom is -0.372 e. The summed E-state index contributed by atoms with van der Waals surface area (Å²) in [7, 11) is -2.82. The first-order valence-corrected chi connectivity index (χ1v) is 9.72. The normalized spacial score (nSPS) is 25.1. The van der Waals surface area contributed by atoms with Crippen LogP contribution < -0.4 is 10.2 Å². The van der Waals surface area contributed by atoms with Crippen molar-refractivity contribution >= 4 is 15.5 Å². The van der Waals surface area contributed by atoms with E-state index in [0.717, 1.165) is 32.5 Å². The van der Waals surface area contributed by atoms with Crippen LogP contribution in [0.5, 0.6) is 0 Å². The van der Waals surface area contributed by atoms with Gasteiger partial charge in [0.2, 0.25) is 0 Å². The van der Waals surface area contributed by atoms with Crippen molar-refractivity contribution in [2.75, 3.05) is 29.5 Å². The van der Waals surface area contributed by atoms with Crippen molar-refractivity contribution in [3.05, 3.63) is 29.8 Å². The molecule has 2 aliphatic rings. The molecule has 0 saturated carbocycles. The summed E-state index contributed by atoms with van der Waals surface area (Å²) < 4.78 is 23.2. The van der Waals surface area contributed by atoms with Gasteiger partial charge in [0.05, 0.1) is 11.5 Å². The van der Waals surface area contributed by atoms with Crippen molar-refractivity contribution in [2.24, 2.45) is 0 Å². The fourth-order valence-electron chi connectivity index (χ4n) is 3.25. The summed E-state index contributed by atoms with van der Waals surface area (Å²) in [5.41, 5.74) is 2.53. The Morgan fingerprint density at radius 3 is 2.48 bits per heavy atom. The summed E-state index contributed by atoms with van der Waals surface area (Å²) in [6, 6.07) is 8.78. The van der Waals surface area contributed by atoms with Gasteiger partial charge < -0.3 is 10.2 Å². The molecule has 0 bridgehead atoms. The molecule has 21 heavy (non-hydrogen) atoms. The SMILES string of the molecule is O=S1(=O)CCCC(NCc2ccc(N3CCCC3)cc2)C1. The first-order chi connectivity index (χ1) is 10.1. The Morgan fingerprint density at radius 2 is 1.81 bits per heavy atom. The van der Waals surface area contributed by atoms with Crippen LogP contribution in [0.2, 0.25) is 0 Å². The molecule has 5 heteroatoms. The van der Waals surface area contributed by atoms with Crippen LogP contribution in [0.15, 0.2) is 24.3 Å². The van der Waals surface area contributed by atoms with E-state index in [-0.39, 0.29) is 6.04 Å². The number of anilines is 1. The fraction of sp³-hybridized carbons (Fsp3) is 0.625. The Bertz CT molecular complexity index is 562. The number of sulfone groups is 1. The first-order valence-electron chi connectivity index (χ1n) is 7.90. The smallest absolute Gasteiger partial charge is 0.151 e. The van der Waals surface area contributed by atoms with Crippen LogP contribution in [0.25, 0.3) is 0 Å². The highest BCUT2D eigenvalue weighted by Crippen LogP contribution is 2.20. The maximum atomic E-state index is 11.6. The lowest BCUT2D eigenvalue weighted by molar-refractivity contribution is 0.480. The van der Waals surface area contributed by atoms with Crippen LogP contribution in [0.3, 0.4) is 0 Å². The van der Waals surface area contributed by atoms with E-state index in [4.69, 9.17) is 0 Å². The lowest BCUT2D eigenvalue weighted by Crippen LogP contribution is -2.39. The zero-order valence-corrected chi connectivity index (χ0v) is 13.2. The van der Waals surface area contributed by atoms with Gasteiger partial charge in [-0.1, -0.05) is 12.1 Å². The molecule has 1 unspecified atom stereocenters. The second-order valence-electron chi connectivity index (χ2n) is 6.20. The van der Waals surface area contributed by atoms with E-state index in [9.17, 15) is 8.42 Å². The topological polar surface area (TPSA) is 49.4 Å². The van der Waals surface area contributed by atoms with Gasteiger partial charge in [-0.25, -0.2) is 8.42 Å². The van der Waals surface area contributed by atoms with Crippen molar-refractivity contribution in [3.8, 4) is 0 Å². The largest absolute Gasteiger partial charge is 0.372 e. The molecule has 0 amide bonds. The fourth-order valence-corrected chi connectivity index (χ4v) is 4.92. The summed E-state index contributed by atoms with van der Waals surface area (Å²) >= 11 is 0. The maximum absolute atomic E-state index is 11.6. The van der Waals surface area contributed by atoms with E-state index in [1.165, 1.54) is 24.1 Å². The van der Waals surface area contributed by atoms with Gasteiger partial charge in [-0.3, -0.25) is 0 Å². The molecule has 0 aromatic heterocycles. The van der Waals surface area contributed by atoms with Crippen molar-refractivity contribution in [3.63, 3.8) is 0 Å². The molecule has 2 heterocycles. The molecule has 3 rings (SSSR count). The Balaban J connectivity index is 1.53. The minimum atomic E-state index is -2.82. The van der Waals surface area contributed by atoms with Gasteiger partial charge in [0.1, 0.15) is 0 Å². The number of benzene rings is 1. The number of hydrogen-bond acceptors (Lipinski definition) is 4. The lowest BCUT2D eigenvalue weighted by Gasteiger charge is -2.23. The number of nitrogens with one attached hydrogen (secondary N) is 1. The van der Waals surface area contributed by atoms with Crippen molar-refractivity contribution in [1.82, 2.24) is 5.32 Å². The first kappa shape index (κ1) is 14.9. The molecule has 1 atom stereocenters. The molecule has 1 aromatic rings. The van der Waals surface area contributed by atoms with Gasteiger partial charge in [0.15, 0.2) is 9.84 Å². The Kier molecular flexibility index (Phi) is 4.50. The van der Waals surface area contributed by atoms with Crippen molar-refractivity contribution in [1.29, 1.82) is 0 Å². The molecule has 2 aliphatic heterocycles. The minimum absolute atomic E-state index is 0.113. The summed E-state index contributed by atoms with van der Waals surface area (Å²) in [5, 5.41) is 3.39. The van der Waals surface area contributed by atoms with Gasteiger partial charge in [-0.05, 0) is 43.4 Å². The van der Waals surface area contributed by atoms with Crippen LogP contribution in [0.4, 0.5) is 5.69 Å². The molecule has 116 valence electrons. The Labute approximate surface area is 127 Å². The highest BCUT2D eigenvalue weighted by molar-refractivity contribution is 7.91. The van der Waals surface area contributed by atoms with E-state index in [1.807, 2.05) is 0 Å². The number of nitrogens with zero attached hydrogens (tertiary/aromatic N) is 1. The van der Waals surface area contributed by atoms with E-state index in [0.29, 0.717) is 11.5 Å². The molecule has 4 nitrogen and oxygen atoms in total. The molecule has 0 radical (unpaired) electrons. The van der Waals surface area contributed by atoms with Crippen LogP contribution in [-0.4, -0.2) is 39.1 Å². The highest BCUT2D eigenvalue weighted by atomic mass is 32.2. The average molecular weight is 308 g/mol. The van der Waals surface area contributed by atoms with Crippen molar-refractivity contribution in [2.45, 2.75) is 38.3 Å². The van der Waals surface area contributed by atoms with Gasteiger partial charge in [0, 0.05) is 31.4 Å². The third kappa shape index (κ3) is 3.98. The quantitative estimate of drug-likeness (QED) is 0.924. The molecule has 0 aliphatic carbocycles. The summed E-state index contributed by atoms with van der Waals surface area (Å²) in [4.78, 5) is 2.42.